The molecule has 0 spiro atoms. The summed E-state index contributed by atoms with van der Waals surface area (Å²) in [6.45, 7) is 2.98. The van der Waals surface area contributed by atoms with Gasteiger partial charge in [-0.1, -0.05) is 25.8 Å². The summed E-state index contributed by atoms with van der Waals surface area (Å²) >= 11 is 0. The van der Waals surface area contributed by atoms with E-state index >= 15 is 0 Å². The van der Waals surface area contributed by atoms with Gasteiger partial charge in [0.1, 0.15) is 11.9 Å². The van der Waals surface area contributed by atoms with Gasteiger partial charge in [0.2, 0.25) is 5.91 Å². The van der Waals surface area contributed by atoms with Gasteiger partial charge in [0.05, 0.1) is 26.3 Å². The summed E-state index contributed by atoms with van der Waals surface area (Å²) in [5.74, 6) is 2.51. The molecular weight excluding hydrogens is 404 g/mol. The van der Waals surface area contributed by atoms with Gasteiger partial charge in [-0.05, 0) is 48.6 Å². The Morgan fingerprint density at radius 2 is 1.91 bits per heavy atom. The van der Waals surface area contributed by atoms with E-state index in [-0.39, 0.29) is 18.5 Å². The molecule has 1 amide bonds. The zero-order chi connectivity index (χ0) is 23.1. The van der Waals surface area contributed by atoms with Gasteiger partial charge in [-0.3, -0.25) is 4.79 Å². The molecule has 0 bridgehead atoms. The van der Waals surface area contributed by atoms with Crippen molar-refractivity contribution in [1.29, 1.82) is 5.26 Å². The Morgan fingerprint density at radius 1 is 1.16 bits per heavy atom. The number of anilines is 1. The quantitative estimate of drug-likeness (QED) is 0.622. The molecule has 2 atom stereocenters. The van der Waals surface area contributed by atoms with Crippen LogP contribution in [0, 0.1) is 17.2 Å². The van der Waals surface area contributed by atoms with E-state index in [1.807, 2.05) is 35.0 Å². The molecule has 0 aliphatic heterocycles. The Hall–Kier alpha value is -3.27. The summed E-state index contributed by atoms with van der Waals surface area (Å²) < 4.78 is 10.8. The standard InChI is InChI=1S/C25H32N4O3/c1-18-7-5-6-8-21(18)29(16-19-9-11-22(31-3)23(13-19)32-4)25(30)17-28(2)24-12-10-20(14-26)15-27-24/h9-13,15,18,21H,5-8,16-17H2,1-4H3/t18-,21+/m0/s1. The Labute approximate surface area is 190 Å². The topological polar surface area (TPSA) is 78.7 Å². The smallest absolute Gasteiger partial charge is 0.242 e. The van der Waals surface area contributed by atoms with Crippen LogP contribution in [0.15, 0.2) is 36.5 Å². The van der Waals surface area contributed by atoms with Gasteiger partial charge in [-0.25, -0.2) is 4.98 Å². The molecule has 0 saturated heterocycles. The van der Waals surface area contributed by atoms with Crippen LogP contribution < -0.4 is 14.4 Å². The van der Waals surface area contributed by atoms with E-state index in [0.717, 1.165) is 24.8 Å². The minimum atomic E-state index is 0.0622. The van der Waals surface area contributed by atoms with Gasteiger partial charge in [-0.2, -0.15) is 5.26 Å². The number of aromatic nitrogens is 1. The third-order valence-corrected chi connectivity index (χ3v) is 6.23. The fourth-order valence-electron chi connectivity index (χ4n) is 4.38. The fourth-order valence-corrected chi connectivity index (χ4v) is 4.38. The van der Waals surface area contributed by atoms with Crippen LogP contribution in [-0.2, 0) is 11.3 Å². The number of methoxy groups -OCH3 is 2. The number of rotatable bonds is 8. The predicted octanol–water partition coefficient (Wildman–Crippen LogP) is 4.01. The average molecular weight is 437 g/mol. The van der Waals surface area contributed by atoms with Crippen LogP contribution in [0.25, 0.3) is 0 Å². The van der Waals surface area contributed by atoms with Crippen LogP contribution >= 0.6 is 0 Å². The third kappa shape index (κ3) is 5.50. The maximum atomic E-state index is 13.5. The number of likely N-dealkylation sites (N-methyl/N-ethyl adjacent to an activating group) is 1. The van der Waals surface area contributed by atoms with E-state index in [1.165, 1.54) is 12.6 Å². The van der Waals surface area contributed by atoms with Crippen LogP contribution in [-0.4, -0.2) is 49.6 Å². The molecule has 0 unspecified atom stereocenters. The van der Waals surface area contributed by atoms with E-state index in [0.29, 0.717) is 35.3 Å². The number of amides is 1. The van der Waals surface area contributed by atoms with Crippen LogP contribution in [0.4, 0.5) is 5.82 Å². The molecule has 1 aliphatic carbocycles. The summed E-state index contributed by atoms with van der Waals surface area (Å²) in [4.78, 5) is 21.7. The molecule has 0 N–H and O–H groups in total. The summed E-state index contributed by atoms with van der Waals surface area (Å²) in [7, 11) is 5.09. The number of carbonyl (C=O) groups is 1. The normalized spacial score (nSPS) is 17.8. The van der Waals surface area contributed by atoms with Gasteiger partial charge in [-0.15, -0.1) is 0 Å². The Kier molecular flexibility index (Phi) is 7.93. The molecule has 2 aromatic rings. The number of hydrogen-bond donors (Lipinski definition) is 0. The lowest BCUT2D eigenvalue weighted by molar-refractivity contribution is -0.134. The highest BCUT2D eigenvalue weighted by atomic mass is 16.5. The Bertz CT molecular complexity index is 955. The van der Waals surface area contributed by atoms with Crippen molar-refractivity contribution in [1.82, 2.24) is 9.88 Å². The lowest BCUT2D eigenvalue weighted by Gasteiger charge is -2.39. The lowest BCUT2D eigenvalue weighted by atomic mass is 9.84. The largest absolute Gasteiger partial charge is 0.493 e. The SMILES string of the molecule is COc1ccc(CN(C(=O)CN(C)c2ccc(C#N)cn2)[C@@H]2CCCC[C@@H]2C)cc1OC. The highest BCUT2D eigenvalue weighted by Crippen LogP contribution is 2.32. The van der Waals surface area contributed by atoms with Crippen molar-refractivity contribution in [3.8, 4) is 17.6 Å². The Morgan fingerprint density at radius 3 is 2.53 bits per heavy atom. The molecule has 7 heteroatoms. The minimum absolute atomic E-state index is 0.0622. The molecule has 3 rings (SSSR count). The highest BCUT2D eigenvalue weighted by molar-refractivity contribution is 5.81. The summed E-state index contributed by atoms with van der Waals surface area (Å²) in [5, 5.41) is 8.98. The highest BCUT2D eigenvalue weighted by Gasteiger charge is 2.31. The number of nitrogens with zero attached hydrogens (tertiary/aromatic N) is 4. The molecule has 7 nitrogen and oxygen atoms in total. The van der Waals surface area contributed by atoms with Gasteiger partial charge in [0.15, 0.2) is 11.5 Å². The van der Waals surface area contributed by atoms with Crippen molar-refractivity contribution >= 4 is 11.7 Å². The van der Waals surface area contributed by atoms with Crippen molar-refractivity contribution in [2.45, 2.75) is 45.2 Å². The van der Waals surface area contributed by atoms with E-state index < -0.39 is 0 Å². The lowest BCUT2D eigenvalue weighted by Crippen LogP contribution is -2.48. The second kappa shape index (κ2) is 10.9. The van der Waals surface area contributed by atoms with Crippen LogP contribution in [0.1, 0.15) is 43.7 Å². The van der Waals surface area contributed by atoms with E-state index in [4.69, 9.17) is 14.7 Å². The molecule has 1 aromatic heterocycles. The summed E-state index contributed by atoms with van der Waals surface area (Å²) in [6.07, 6.45) is 6.02. The molecule has 32 heavy (non-hydrogen) atoms. The van der Waals surface area contributed by atoms with E-state index in [2.05, 4.69) is 18.0 Å². The van der Waals surface area contributed by atoms with Gasteiger partial charge < -0.3 is 19.3 Å². The fraction of sp³-hybridized carbons (Fsp3) is 0.480. The van der Waals surface area contributed by atoms with Gasteiger partial charge in [0, 0.05) is 25.8 Å². The molecule has 170 valence electrons. The number of carbonyl (C=O) groups excluding carboxylic acids is 1. The number of hydrogen-bond acceptors (Lipinski definition) is 6. The number of benzene rings is 1. The van der Waals surface area contributed by atoms with Gasteiger partial charge in [0.25, 0.3) is 0 Å². The van der Waals surface area contributed by atoms with Crippen molar-refractivity contribution in [2.75, 3.05) is 32.7 Å². The zero-order valence-corrected chi connectivity index (χ0v) is 19.4. The number of nitriles is 1. The maximum absolute atomic E-state index is 13.5. The maximum Gasteiger partial charge on any atom is 0.242 e. The van der Waals surface area contributed by atoms with Crippen molar-refractivity contribution in [3.63, 3.8) is 0 Å². The summed E-state index contributed by atoms with van der Waals surface area (Å²) in [5.41, 5.74) is 1.51. The monoisotopic (exact) mass is 436 g/mol. The zero-order valence-electron chi connectivity index (χ0n) is 19.4. The molecule has 1 fully saturated rings. The molecular formula is C25H32N4O3. The summed E-state index contributed by atoms with van der Waals surface area (Å²) in [6, 6.07) is 11.6. The first-order valence-corrected chi connectivity index (χ1v) is 11.0. The molecule has 0 radical (unpaired) electrons. The number of pyridine rings is 1. The second-order valence-electron chi connectivity index (χ2n) is 8.41. The van der Waals surface area contributed by atoms with Crippen molar-refractivity contribution in [2.24, 2.45) is 5.92 Å². The van der Waals surface area contributed by atoms with Gasteiger partial charge >= 0.3 is 0 Å². The van der Waals surface area contributed by atoms with E-state index in [1.54, 1.807) is 26.4 Å². The van der Waals surface area contributed by atoms with Crippen LogP contribution in [0.5, 0.6) is 11.5 Å². The van der Waals surface area contributed by atoms with Crippen LogP contribution in [0.3, 0.4) is 0 Å². The molecule has 1 aliphatic rings. The predicted molar refractivity (Wildman–Crippen MR) is 124 cm³/mol. The molecule has 1 saturated carbocycles. The van der Waals surface area contributed by atoms with Crippen molar-refractivity contribution < 1.29 is 14.3 Å². The molecule has 1 heterocycles. The third-order valence-electron chi connectivity index (χ3n) is 6.23. The van der Waals surface area contributed by atoms with Crippen LogP contribution in [0.2, 0.25) is 0 Å². The van der Waals surface area contributed by atoms with E-state index in [9.17, 15) is 4.79 Å². The Balaban J connectivity index is 1.81. The second-order valence-corrected chi connectivity index (χ2v) is 8.41. The number of ether oxygens (including phenoxy) is 2. The molecule has 1 aromatic carbocycles. The first kappa shape index (κ1) is 23.4. The first-order valence-electron chi connectivity index (χ1n) is 11.0. The minimum Gasteiger partial charge on any atom is -0.493 e. The first-order chi connectivity index (χ1) is 15.5. The van der Waals surface area contributed by atoms with Crippen molar-refractivity contribution in [3.05, 3.63) is 47.7 Å². The average Bonchev–Trinajstić information content (AvgIpc) is 2.82.